The largest absolute Gasteiger partial charge is 0.356 e. The summed E-state index contributed by atoms with van der Waals surface area (Å²) in [5.41, 5.74) is 1.89. The number of nitrogens with zero attached hydrogens (tertiary/aromatic N) is 1. The van der Waals surface area contributed by atoms with Crippen molar-refractivity contribution in [3.8, 4) is 0 Å². The number of halogens is 1. The van der Waals surface area contributed by atoms with E-state index in [0.717, 1.165) is 21.3 Å². The number of rotatable bonds is 3. The normalized spacial score (nSPS) is 12.1. The molecule has 3 aromatic rings. The Morgan fingerprint density at radius 3 is 2.77 bits per heavy atom. The van der Waals surface area contributed by atoms with E-state index >= 15 is 0 Å². The number of hydrogen-bond acceptors (Lipinski definition) is 3. The Morgan fingerprint density at radius 2 is 2.00 bits per heavy atom. The summed E-state index contributed by atoms with van der Waals surface area (Å²) in [5.74, 6) is -0.241. The van der Waals surface area contributed by atoms with Crippen LogP contribution in [0.25, 0.3) is 10.1 Å². The highest BCUT2D eigenvalue weighted by atomic mass is 32.1. The van der Waals surface area contributed by atoms with Gasteiger partial charge in [0.1, 0.15) is 5.82 Å². The Bertz CT molecular complexity index is 799. The molecule has 0 aliphatic heterocycles. The molecule has 3 rings (SSSR count). The number of benzene rings is 2. The number of hydrogen-bond donors (Lipinski definition) is 2. The van der Waals surface area contributed by atoms with Gasteiger partial charge < -0.3 is 10.6 Å². The second-order valence-corrected chi connectivity index (χ2v) is 6.19. The van der Waals surface area contributed by atoms with Crippen LogP contribution >= 0.6 is 23.8 Å². The molecule has 0 fully saturated rings. The number of aromatic nitrogens is 1. The monoisotopic (exact) mass is 331 g/mol. The van der Waals surface area contributed by atoms with Crippen LogP contribution in [0, 0.1) is 5.82 Å². The van der Waals surface area contributed by atoms with Gasteiger partial charge in [0.05, 0.1) is 10.7 Å². The van der Waals surface area contributed by atoms with Crippen LogP contribution in [0.15, 0.2) is 48.7 Å². The molecule has 0 aliphatic carbocycles. The van der Waals surface area contributed by atoms with Crippen LogP contribution in [0.5, 0.6) is 0 Å². The first-order valence-electron chi connectivity index (χ1n) is 6.79. The van der Waals surface area contributed by atoms with Gasteiger partial charge >= 0.3 is 0 Å². The molecule has 0 spiro atoms. The van der Waals surface area contributed by atoms with Crippen LogP contribution < -0.4 is 10.6 Å². The molecule has 0 saturated carbocycles. The third-order valence-corrected chi connectivity index (χ3v) is 4.33. The second kappa shape index (κ2) is 6.37. The topological polar surface area (TPSA) is 37.0 Å². The molecule has 0 radical (unpaired) electrons. The molecular formula is C16H14FN3S2. The zero-order valence-electron chi connectivity index (χ0n) is 11.8. The zero-order valence-corrected chi connectivity index (χ0v) is 13.5. The number of fused-ring (bicyclic) bond motifs is 1. The van der Waals surface area contributed by atoms with Crippen molar-refractivity contribution in [3.63, 3.8) is 0 Å². The Morgan fingerprint density at radius 1 is 1.23 bits per heavy atom. The first kappa shape index (κ1) is 14.9. The van der Waals surface area contributed by atoms with E-state index < -0.39 is 0 Å². The summed E-state index contributed by atoms with van der Waals surface area (Å²) in [4.78, 5) is 0. The van der Waals surface area contributed by atoms with Gasteiger partial charge in [-0.25, -0.2) is 4.39 Å². The summed E-state index contributed by atoms with van der Waals surface area (Å²) in [6, 6.07) is 12.4. The maximum absolute atomic E-state index is 12.9. The molecule has 0 saturated heterocycles. The minimum atomic E-state index is -0.241. The highest BCUT2D eigenvalue weighted by Gasteiger charge is 2.08. The van der Waals surface area contributed by atoms with Gasteiger partial charge in [0.15, 0.2) is 5.11 Å². The summed E-state index contributed by atoms with van der Waals surface area (Å²) < 4.78 is 18.2. The summed E-state index contributed by atoms with van der Waals surface area (Å²) in [6.07, 6.45) is 1.84. The lowest BCUT2D eigenvalue weighted by Gasteiger charge is -2.17. The smallest absolute Gasteiger partial charge is 0.171 e. The van der Waals surface area contributed by atoms with Crippen molar-refractivity contribution in [1.29, 1.82) is 0 Å². The molecule has 2 N–H and O–H groups in total. The average molecular weight is 331 g/mol. The van der Waals surface area contributed by atoms with Crippen molar-refractivity contribution in [2.24, 2.45) is 0 Å². The van der Waals surface area contributed by atoms with E-state index in [2.05, 4.69) is 15.0 Å². The fourth-order valence-electron chi connectivity index (χ4n) is 2.15. The lowest BCUT2D eigenvalue weighted by atomic mass is 10.1. The predicted octanol–water partition coefficient (Wildman–Crippen LogP) is 4.48. The van der Waals surface area contributed by atoms with Gasteiger partial charge in [-0.3, -0.25) is 0 Å². The fourth-order valence-corrected chi connectivity index (χ4v) is 3.07. The van der Waals surface area contributed by atoms with Crippen LogP contribution in [0.2, 0.25) is 0 Å². The molecule has 0 aliphatic rings. The van der Waals surface area contributed by atoms with E-state index in [9.17, 15) is 4.39 Å². The molecule has 6 heteroatoms. The SMILES string of the molecule is C[C@H](NC(=S)Nc1ccc2sncc2c1)c1ccc(F)cc1. The molecule has 3 nitrogen and oxygen atoms in total. The van der Waals surface area contributed by atoms with E-state index in [0.29, 0.717) is 5.11 Å². The number of anilines is 1. The fraction of sp³-hybridized carbons (Fsp3) is 0.125. The molecule has 0 amide bonds. The van der Waals surface area contributed by atoms with Gasteiger partial charge in [-0.2, -0.15) is 4.37 Å². The molecular weight excluding hydrogens is 317 g/mol. The van der Waals surface area contributed by atoms with E-state index in [-0.39, 0.29) is 11.9 Å². The highest BCUT2D eigenvalue weighted by molar-refractivity contribution is 7.80. The lowest BCUT2D eigenvalue weighted by Crippen LogP contribution is -2.30. The minimum absolute atomic E-state index is 0.00727. The van der Waals surface area contributed by atoms with Gasteiger partial charge in [-0.15, -0.1) is 0 Å². The van der Waals surface area contributed by atoms with Crippen LogP contribution in [0.1, 0.15) is 18.5 Å². The van der Waals surface area contributed by atoms with Crippen molar-refractivity contribution in [2.75, 3.05) is 5.32 Å². The molecule has 0 bridgehead atoms. The summed E-state index contributed by atoms with van der Waals surface area (Å²) in [5, 5.41) is 7.96. The number of nitrogens with one attached hydrogen (secondary N) is 2. The van der Waals surface area contributed by atoms with E-state index in [1.165, 1.54) is 23.7 Å². The Kier molecular flexibility index (Phi) is 4.31. The van der Waals surface area contributed by atoms with Crippen LogP contribution in [0.4, 0.5) is 10.1 Å². The average Bonchev–Trinajstić information content (AvgIpc) is 2.95. The maximum atomic E-state index is 12.9. The van der Waals surface area contributed by atoms with Crippen molar-refractivity contribution in [1.82, 2.24) is 9.69 Å². The zero-order chi connectivity index (χ0) is 15.5. The number of thiocarbonyl (C=S) groups is 1. The Hall–Kier alpha value is -2.05. The highest BCUT2D eigenvalue weighted by Crippen LogP contribution is 2.22. The quantitative estimate of drug-likeness (QED) is 0.694. The summed E-state index contributed by atoms with van der Waals surface area (Å²) >= 11 is 6.80. The van der Waals surface area contributed by atoms with Gasteiger partial charge in [-0.05, 0) is 66.6 Å². The Labute approximate surface area is 137 Å². The van der Waals surface area contributed by atoms with Gasteiger partial charge in [0.25, 0.3) is 0 Å². The van der Waals surface area contributed by atoms with Crippen molar-refractivity contribution in [3.05, 3.63) is 60.0 Å². The molecule has 1 heterocycles. The predicted molar refractivity (Wildman–Crippen MR) is 93.8 cm³/mol. The summed E-state index contributed by atoms with van der Waals surface area (Å²) in [6.45, 7) is 1.98. The van der Waals surface area contributed by atoms with E-state index in [1.807, 2.05) is 31.3 Å². The van der Waals surface area contributed by atoms with Gasteiger partial charge in [-0.1, -0.05) is 12.1 Å². The first-order valence-corrected chi connectivity index (χ1v) is 7.97. The van der Waals surface area contributed by atoms with Gasteiger partial charge in [0.2, 0.25) is 0 Å². The van der Waals surface area contributed by atoms with Crippen molar-refractivity contribution in [2.45, 2.75) is 13.0 Å². The van der Waals surface area contributed by atoms with Crippen molar-refractivity contribution < 1.29 is 4.39 Å². The van der Waals surface area contributed by atoms with Crippen LogP contribution in [-0.2, 0) is 0 Å². The minimum Gasteiger partial charge on any atom is -0.356 e. The summed E-state index contributed by atoms with van der Waals surface area (Å²) in [7, 11) is 0. The van der Waals surface area contributed by atoms with E-state index in [1.54, 1.807) is 12.1 Å². The molecule has 1 aromatic heterocycles. The third-order valence-electron chi connectivity index (χ3n) is 3.33. The molecule has 2 aromatic carbocycles. The van der Waals surface area contributed by atoms with Crippen molar-refractivity contribution >= 4 is 44.6 Å². The third kappa shape index (κ3) is 3.40. The van der Waals surface area contributed by atoms with Crippen LogP contribution in [0.3, 0.4) is 0 Å². The maximum Gasteiger partial charge on any atom is 0.171 e. The molecule has 112 valence electrons. The second-order valence-electron chi connectivity index (χ2n) is 4.95. The van der Waals surface area contributed by atoms with E-state index in [4.69, 9.17) is 12.2 Å². The molecule has 1 atom stereocenters. The molecule has 0 unspecified atom stereocenters. The molecule has 22 heavy (non-hydrogen) atoms. The Balaban J connectivity index is 1.65. The first-order chi connectivity index (χ1) is 10.6. The lowest BCUT2D eigenvalue weighted by molar-refractivity contribution is 0.624. The van der Waals surface area contributed by atoms with Crippen LogP contribution in [-0.4, -0.2) is 9.49 Å². The standard InChI is InChI=1S/C16H14FN3S2/c1-10(11-2-4-13(17)5-3-11)19-16(21)20-14-6-7-15-12(8-14)9-18-22-15/h2-10H,1H3,(H2,19,20,21)/t10-/m0/s1. The van der Waals surface area contributed by atoms with Gasteiger partial charge in [0, 0.05) is 17.3 Å².